The van der Waals surface area contributed by atoms with Gasteiger partial charge in [0.05, 0.1) is 96.2 Å². The summed E-state index contributed by atoms with van der Waals surface area (Å²) in [7, 11) is 3.08. The van der Waals surface area contributed by atoms with E-state index < -0.39 is 83.4 Å². The van der Waals surface area contributed by atoms with Crippen molar-refractivity contribution in [3.05, 3.63) is 119 Å². The van der Waals surface area contributed by atoms with Gasteiger partial charge in [0.1, 0.15) is 30.3 Å². The number of Topliss-reactive ketones (excluding diaryl/α,β-unsaturated/α-hetero) is 1. The number of carbonyl (C=O) groups excluding carboxylic acids is 11. The van der Waals surface area contributed by atoms with E-state index in [4.69, 9.17) is 61.0 Å². The van der Waals surface area contributed by atoms with E-state index in [-0.39, 0.29) is 127 Å². The number of pyridine rings is 1. The number of ether oxygens (including phenoxy) is 8. The van der Waals surface area contributed by atoms with Gasteiger partial charge in [-0.25, -0.2) is 28.8 Å². The lowest BCUT2D eigenvalue weighted by Crippen LogP contribution is -2.46. The largest absolute Gasteiger partial charge is 0.447 e. The third-order valence-corrected chi connectivity index (χ3v) is 17.5. The predicted octanol–water partition coefficient (Wildman–Crippen LogP) is 5.31. The Morgan fingerprint density at radius 2 is 1.43 bits per heavy atom. The summed E-state index contributed by atoms with van der Waals surface area (Å²) in [5, 5.41) is 20.0. The zero-order chi connectivity index (χ0) is 76.2. The van der Waals surface area contributed by atoms with Crippen molar-refractivity contribution in [3.8, 4) is 5.75 Å². The first-order valence-corrected chi connectivity index (χ1v) is 35.0. The number of imide groups is 1. The SMILES string of the molecule is COCCOCCOCCOCCn1cc(C(=O)Nc2ccc3nc(C(=O)N4C[C@@H](CCl)c5c4cc(OC(=O)N(CCCC(N)=O)CCN(C)C(=O)OCc4ccc(NC(=O)[C@H](CCCNC(N)=O)CC(=O)[C@@H](NC(=O)OCCOCCN6C(=O)C=CC6=O)C(C)C)cc4)c4cccc(C)c54)cn3c2)nn1. The number of carbonyl (C=O) groups is 11. The number of primary amides is 2. The van der Waals surface area contributed by atoms with Gasteiger partial charge in [-0.15, -0.1) is 16.7 Å². The highest BCUT2D eigenvalue weighted by Crippen LogP contribution is 2.47. The van der Waals surface area contributed by atoms with Crippen LogP contribution in [0.4, 0.5) is 36.2 Å². The summed E-state index contributed by atoms with van der Waals surface area (Å²) < 4.78 is 47.0. The first kappa shape index (κ1) is 81.0. The smallest absolute Gasteiger partial charge is 0.415 e. The van der Waals surface area contributed by atoms with Gasteiger partial charge in [0.15, 0.2) is 11.5 Å². The van der Waals surface area contributed by atoms with Crippen molar-refractivity contribution in [2.75, 3.05) is 141 Å². The molecule has 8 rings (SSSR count). The summed E-state index contributed by atoms with van der Waals surface area (Å²) in [5.41, 5.74) is 14.6. The number of alkyl halides is 1. The molecule has 2 aliphatic heterocycles. The van der Waals surface area contributed by atoms with Crippen LogP contribution in [0.3, 0.4) is 0 Å². The van der Waals surface area contributed by atoms with Crippen LogP contribution >= 0.6 is 11.6 Å². The van der Waals surface area contributed by atoms with Gasteiger partial charge in [-0.3, -0.25) is 38.5 Å². The third kappa shape index (κ3) is 23.7. The first-order chi connectivity index (χ1) is 51.0. The second-order valence-corrected chi connectivity index (χ2v) is 25.5. The average molecular weight is 1490 g/mol. The number of nitrogens with two attached hydrogens (primary N) is 2. The molecule has 3 aromatic carbocycles. The number of rotatable bonds is 43. The van der Waals surface area contributed by atoms with Crippen LogP contribution in [0.2, 0.25) is 0 Å². The highest BCUT2D eigenvalue weighted by molar-refractivity contribution is 6.19. The Labute approximate surface area is 615 Å². The van der Waals surface area contributed by atoms with Crippen LogP contribution in [0.1, 0.15) is 89.5 Å². The fraction of sp³-hybridized carbons (Fsp3) is 0.465. The third-order valence-electron chi connectivity index (χ3n) is 17.1. The fourth-order valence-corrected chi connectivity index (χ4v) is 11.8. The zero-order valence-corrected chi connectivity index (χ0v) is 60.5. The van der Waals surface area contributed by atoms with Crippen LogP contribution in [0, 0.1) is 18.8 Å². The Morgan fingerprint density at radius 1 is 0.745 bits per heavy atom. The number of ketones is 1. The molecule has 11 amide bonds. The molecular formula is C71H90ClN15O19. The number of methoxy groups -OCH3 is 1. The lowest BCUT2D eigenvalue weighted by Gasteiger charge is -2.26. The van der Waals surface area contributed by atoms with E-state index in [1.165, 1.54) is 27.7 Å². The number of aryl methyl sites for hydroxylation is 1. The topological polar surface area (TPSA) is 423 Å². The summed E-state index contributed by atoms with van der Waals surface area (Å²) >= 11 is 6.68. The highest BCUT2D eigenvalue weighted by Gasteiger charge is 2.38. The molecule has 6 aromatic rings. The van der Waals surface area contributed by atoms with Crippen molar-refractivity contribution in [2.45, 2.75) is 78.0 Å². The van der Waals surface area contributed by atoms with E-state index in [0.29, 0.717) is 86.5 Å². The normalized spacial score (nSPS) is 13.7. The second-order valence-electron chi connectivity index (χ2n) is 25.2. The maximum absolute atomic E-state index is 14.8. The number of hydrogen-bond donors (Lipinski definition) is 6. The Bertz CT molecular complexity index is 4090. The van der Waals surface area contributed by atoms with E-state index in [2.05, 4.69) is 36.6 Å². The summed E-state index contributed by atoms with van der Waals surface area (Å²) in [6, 6.07) is 15.0. The maximum atomic E-state index is 14.8. The van der Waals surface area contributed by atoms with Crippen molar-refractivity contribution in [2.24, 2.45) is 23.3 Å². The summed E-state index contributed by atoms with van der Waals surface area (Å²) in [4.78, 5) is 153. The van der Waals surface area contributed by atoms with Crippen LogP contribution in [-0.2, 0) is 70.3 Å². The van der Waals surface area contributed by atoms with Crippen LogP contribution in [0.5, 0.6) is 5.75 Å². The summed E-state index contributed by atoms with van der Waals surface area (Å²) in [5.74, 6) is -4.89. The molecule has 34 nitrogen and oxygen atoms in total. The van der Waals surface area contributed by atoms with Gasteiger partial charge in [-0.1, -0.05) is 49.4 Å². The van der Waals surface area contributed by atoms with E-state index in [1.807, 2.05) is 19.1 Å². The first-order valence-electron chi connectivity index (χ1n) is 34.5. The number of nitrogens with zero attached hydrogens (tertiary/aromatic N) is 9. The quantitative estimate of drug-likeness (QED) is 0.0160. The van der Waals surface area contributed by atoms with Crippen LogP contribution < -0.4 is 42.4 Å². The van der Waals surface area contributed by atoms with E-state index in [1.54, 1.807) is 91.2 Å². The number of anilines is 3. The standard InChI is InChI=1S/C71H90ClN15O19/c1-45(2)64(79-69(96)104-36-35-101-28-26-86-60(90)19-20-61(86)91)56(88)37-48(10-7-21-75-68(74)95)65(92)76-50-15-13-47(14-16-50)44-105-70(97)82(4)23-24-83(22-8-12-58(73)89)71(98)106-57-38-55-63(62-46(3)9-6-11-52(57)62)49(39-72)40-87(55)67(94)54-42-84-41-51(17-18-59(84)78-54)77-66(93)53-43-85(81-80-53)25-27-100-31-32-103-34-33-102-30-29-99-5/h6,9,11,13-20,38,41-43,45,48-49,64H,7-8,10,12,21-37,39-40,44H2,1-5H3,(H2,73,89)(H,76,92)(H,77,93)(H,79,96)(H3,74,75,95)/t48-,49-,64+/m1/s1. The molecule has 570 valence electrons. The molecule has 0 unspecified atom stereocenters. The molecule has 8 N–H and O–H groups in total. The zero-order valence-electron chi connectivity index (χ0n) is 59.8. The minimum absolute atomic E-state index is 0.00137. The Balaban J connectivity index is 0.849. The number of imidazole rings is 1. The number of amides is 11. The number of fused-ring (bicyclic) bond motifs is 4. The van der Waals surface area contributed by atoms with Gasteiger partial charge in [0, 0.05) is 119 Å². The molecule has 106 heavy (non-hydrogen) atoms. The average Bonchev–Trinajstić information content (AvgIpc) is 1.54. The molecule has 0 radical (unpaired) electrons. The molecule has 0 spiro atoms. The van der Waals surface area contributed by atoms with Crippen molar-refractivity contribution in [3.63, 3.8) is 0 Å². The molecule has 2 aliphatic rings. The van der Waals surface area contributed by atoms with E-state index >= 15 is 0 Å². The molecule has 0 saturated carbocycles. The minimum atomic E-state index is -1.05. The van der Waals surface area contributed by atoms with Crippen molar-refractivity contribution < 1.29 is 90.6 Å². The predicted molar refractivity (Wildman–Crippen MR) is 385 cm³/mol. The number of alkyl carbamates (subject to hydrolysis) is 1. The van der Waals surface area contributed by atoms with Crippen molar-refractivity contribution in [1.82, 2.24) is 49.7 Å². The number of hydrogen-bond acceptors (Lipinski definition) is 22. The number of urea groups is 1. The molecule has 0 saturated heterocycles. The lowest BCUT2D eigenvalue weighted by molar-refractivity contribution is -0.137. The van der Waals surface area contributed by atoms with Crippen LogP contribution in [0.25, 0.3) is 16.4 Å². The van der Waals surface area contributed by atoms with E-state index in [0.717, 1.165) is 33.6 Å². The minimum Gasteiger partial charge on any atom is -0.447 e. The Hall–Kier alpha value is -10.7. The molecule has 5 heterocycles. The van der Waals surface area contributed by atoms with Gasteiger partial charge in [0.2, 0.25) is 11.8 Å². The van der Waals surface area contributed by atoms with Crippen molar-refractivity contribution >= 4 is 111 Å². The second kappa shape index (κ2) is 40.6. The number of benzene rings is 3. The highest BCUT2D eigenvalue weighted by atomic mass is 35.5. The van der Waals surface area contributed by atoms with Crippen LogP contribution in [0.15, 0.2) is 91.4 Å². The number of aromatic nitrogens is 5. The summed E-state index contributed by atoms with van der Waals surface area (Å²) in [6.45, 7) is 8.36. The molecule has 3 aromatic heterocycles. The van der Waals surface area contributed by atoms with E-state index in [9.17, 15) is 52.7 Å². The maximum Gasteiger partial charge on any atom is 0.415 e. The number of halogens is 1. The molecule has 35 heteroatoms. The monoisotopic (exact) mass is 1490 g/mol. The van der Waals surface area contributed by atoms with Crippen molar-refractivity contribution in [1.29, 1.82) is 0 Å². The number of nitrogens with one attached hydrogen (secondary N) is 4. The Kier molecular flexibility index (Phi) is 31.0. The van der Waals surface area contributed by atoms with Gasteiger partial charge in [-0.05, 0) is 78.4 Å². The fourth-order valence-electron chi connectivity index (χ4n) is 11.5. The van der Waals surface area contributed by atoms with Gasteiger partial charge in [0.25, 0.3) is 23.6 Å². The number of likely N-dealkylation sites (N-methyl/N-ethyl adjacent to an activating group) is 1. The van der Waals surface area contributed by atoms with Gasteiger partial charge >= 0.3 is 24.3 Å². The molecule has 0 bridgehead atoms. The van der Waals surface area contributed by atoms with Gasteiger partial charge < -0.3 is 89.7 Å². The van der Waals surface area contributed by atoms with Crippen LogP contribution in [-0.4, -0.2) is 236 Å². The molecule has 0 fully saturated rings. The molecule has 3 atom stereocenters. The molecule has 0 aliphatic carbocycles. The van der Waals surface area contributed by atoms with Gasteiger partial charge in [-0.2, -0.15) is 0 Å². The Morgan fingerprint density at radius 3 is 2.12 bits per heavy atom. The summed E-state index contributed by atoms with van der Waals surface area (Å²) in [6.07, 6.45) is 4.72. The molecular weight excluding hydrogens is 1400 g/mol. The lowest BCUT2D eigenvalue weighted by atomic mass is 9.89.